The Kier molecular flexibility index (Phi) is 1.69. The maximum absolute atomic E-state index is 9.37. The molecule has 0 aromatic carbocycles. The SMILES string of the molecule is C=C=C(O)n1cnc2c(N)ncnc21. The summed E-state index contributed by atoms with van der Waals surface area (Å²) >= 11 is 0. The molecule has 14 heavy (non-hydrogen) atoms. The van der Waals surface area contributed by atoms with E-state index >= 15 is 0 Å². The molecule has 0 bridgehead atoms. The lowest BCUT2D eigenvalue weighted by Crippen LogP contribution is -1.97. The van der Waals surface area contributed by atoms with Crippen LogP contribution < -0.4 is 5.73 Å². The van der Waals surface area contributed by atoms with Crippen molar-refractivity contribution < 1.29 is 5.11 Å². The molecule has 0 atom stereocenters. The Morgan fingerprint density at radius 1 is 1.50 bits per heavy atom. The van der Waals surface area contributed by atoms with Crippen LogP contribution in [0.4, 0.5) is 5.82 Å². The Labute approximate surface area is 79.0 Å². The highest BCUT2D eigenvalue weighted by atomic mass is 16.3. The summed E-state index contributed by atoms with van der Waals surface area (Å²) in [4.78, 5) is 11.7. The van der Waals surface area contributed by atoms with E-state index in [9.17, 15) is 5.11 Å². The molecule has 2 rings (SSSR count). The maximum Gasteiger partial charge on any atom is 0.244 e. The lowest BCUT2D eigenvalue weighted by Gasteiger charge is -1.98. The zero-order valence-corrected chi connectivity index (χ0v) is 7.18. The van der Waals surface area contributed by atoms with E-state index in [1.807, 2.05) is 0 Å². The Morgan fingerprint density at radius 2 is 2.29 bits per heavy atom. The van der Waals surface area contributed by atoms with Gasteiger partial charge in [0.25, 0.3) is 0 Å². The molecule has 3 N–H and O–H groups in total. The molecule has 0 amide bonds. The molecule has 0 fully saturated rings. The van der Waals surface area contributed by atoms with E-state index in [0.717, 1.165) is 0 Å². The topological polar surface area (TPSA) is 89.8 Å². The van der Waals surface area contributed by atoms with Crippen molar-refractivity contribution in [2.75, 3.05) is 5.73 Å². The minimum atomic E-state index is -0.175. The van der Waals surface area contributed by atoms with Gasteiger partial charge in [0.15, 0.2) is 17.0 Å². The first-order valence-corrected chi connectivity index (χ1v) is 3.77. The molecule has 70 valence electrons. The van der Waals surface area contributed by atoms with Gasteiger partial charge >= 0.3 is 0 Å². The van der Waals surface area contributed by atoms with Crippen LogP contribution in [-0.4, -0.2) is 24.6 Å². The van der Waals surface area contributed by atoms with Gasteiger partial charge in [-0.25, -0.2) is 19.5 Å². The van der Waals surface area contributed by atoms with Gasteiger partial charge in [-0.3, -0.25) is 0 Å². The van der Waals surface area contributed by atoms with Crippen LogP contribution in [0.3, 0.4) is 0 Å². The van der Waals surface area contributed by atoms with Crippen molar-refractivity contribution >= 4 is 22.9 Å². The molecule has 0 aliphatic carbocycles. The summed E-state index contributed by atoms with van der Waals surface area (Å²) in [6.07, 6.45) is 2.68. The summed E-state index contributed by atoms with van der Waals surface area (Å²) in [6.45, 7) is 3.31. The minimum Gasteiger partial charge on any atom is -0.488 e. The summed E-state index contributed by atoms with van der Waals surface area (Å²) in [7, 11) is 0. The van der Waals surface area contributed by atoms with Crippen LogP contribution >= 0.6 is 0 Å². The molecule has 0 aliphatic rings. The number of hydrogen-bond donors (Lipinski definition) is 2. The predicted molar refractivity (Wildman–Crippen MR) is 51.2 cm³/mol. The number of nitrogens with zero attached hydrogens (tertiary/aromatic N) is 4. The molecule has 6 heteroatoms. The first kappa shape index (κ1) is 8.28. The largest absolute Gasteiger partial charge is 0.488 e. The fourth-order valence-corrected chi connectivity index (χ4v) is 1.09. The standard InChI is InChI=1S/C8H7N5O/c1-2-5(14)13-4-12-6-7(9)10-3-11-8(6)13/h3-4,14H,1H2,(H2,9,10,11). The number of aliphatic hydroxyl groups is 1. The van der Waals surface area contributed by atoms with Gasteiger partial charge < -0.3 is 10.8 Å². The fourth-order valence-electron chi connectivity index (χ4n) is 1.09. The quantitative estimate of drug-likeness (QED) is 0.505. The maximum atomic E-state index is 9.37. The van der Waals surface area contributed by atoms with E-state index in [-0.39, 0.29) is 11.7 Å². The Balaban J connectivity index is 2.82. The summed E-state index contributed by atoms with van der Waals surface area (Å²) in [6, 6.07) is 0. The summed E-state index contributed by atoms with van der Waals surface area (Å²) < 4.78 is 1.32. The van der Waals surface area contributed by atoms with E-state index < -0.39 is 0 Å². The molecule has 0 saturated carbocycles. The number of nitrogen functional groups attached to an aromatic ring is 1. The first-order chi connectivity index (χ1) is 6.74. The first-order valence-electron chi connectivity index (χ1n) is 3.77. The molecule has 0 saturated heterocycles. The molecule has 0 spiro atoms. The van der Waals surface area contributed by atoms with Gasteiger partial charge in [-0.2, -0.15) is 0 Å². The van der Waals surface area contributed by atoms with Crippen LogP contribution in [0, 0.1) is 0 Å². The summed E-state index contributed by atoms with van der Waals surface area (Å²) in [5.41, 5.74) is 8.74. The lowest BCUT2D eigenvalue weighted by molar-refractivity contribution is 0.475. The van der Waals surface area contributed by atoms with Crippen molar-refractivity contribution in [3.05, 3.63) is 25.0 Å². The average Bonchev–Trinajstić information content (AvgIpc) is 2.62. The van der Waals surface area contributed by atoms with E-state index in [4.69, 9.17) is 5.73 Å². The third kappa shape index (κ3) is 1.02. The van der Waals surface area contributed by atoms with Crippen LogP contribution in [0.25, 0.3) is 17.0 Å². The van der Waals surface area contributed by atoms with Gasteiger partial charge in [0.1, 0.15) is 12.7 Å². The number of hydrogen-bond acceptors (Lipinski definition) is 5. The van der Waals surface area contributed by atoms with Crippen LogP contribution in [0.5, 0.6) is 0 Å². The van der Waals surface area contributed by atoms with E-state index in [2.05, 4.69) is 27.3 Å². The van der Waals surface area contributed by atoms with Gasteiger partial charge in [0.2, 0.25) is 5.88 Å². The van der Waals surface area contributed by atoms with Gasteiger partial charge in [-0.05, 0) is 0 Å². The lowest BCUT2D eigenvalue weighted by atomic mass is 10.5. The van der Waals surface area contributed by atoms with Crippen molar-refractivity contribution in [3.8, 4) is 0 Å². The molecule has 0 radical (unpaired) electrons. The second-order valence-electron chi connectivity index (χ2n) is 2.55. The zero-order chi connectivity index (χ0) is 10.1. The van der Waals surface area contributed by atoms with Gasteiger partial charge in [0.05, 0.1) is 0 Å². The number of aromatic nitrogens is 4. The van der Waals surface area contributed by atoms with Gasteiger partial charge in [-0.1, -0.05) is 12.3 Å². The Hall–Kier alpha value is -2.33. The molecule has 0 unspecified atom stereocenters. The van der Waals surface area contributed by atoms with E-state index in [1.165, 1.54) is 17.2 Å². The normalized spacial score (nSPS) is 10.0. The number of imidazole rings is 1. The molecule has 2 heterocycles. The van der Waals surface area contributed by atoms with Crippen molar-refractivity contribution in [2.45, 2.75) is 0 Å². The highest BCUT2D eigenvalue weighted by molar-refractivity contribution is 5.82. The fraction of sp³-hybridized carbons (Fsp3) is 0. The second kappa shape index (κ2) is 2.86. The zero-order valence-electron chi connectivity index (χ0n) is 7.18. The summed E-state index contributed by atoms with van der Waals surface area (Å²) in [5.74, 6) is 0.0937. The van der Waals surface area contributed by atoms with Gasteiger partial charge in [0, 0.05) is 0 Å². The van der Waals surface area contributed by atoms with E-state index in [1.54, 1.807) is 0 Å². The molecule has 2 aromatic heterocycles. The minimum absolute atomic E-state index is 0.175. The number of anilines is 1. The number of aliphatic hydroxyl groups excluding tert-OH is 1. The van der Waals surface area contributed by atoms with Crippen LogP contribution in [0.15, 0.2) is 25.0 Å². The van der Waals surface area contributed by atoms with Crippen LogP contribution in [0.2, 0.25) is 0 Å². The Morgan fingerprint density at radius 3 is 3.00 bits per heavy atom. The predicted octanol–water partition coefficient (Wildman–Crippen LogP) is 0.550. The van der Waals surface area contributed by atoms with Crippen LogP contribution in [0.1, 0.15) is 0 Å². The highest BCUT2D eigenvalue weighted by Crippen LogP contribution is 2.15. The van der Waals surface area contributed by atoms with Crippen molar-refractivity contribution in [1.29, 1.82) is 0 Å². The number of rotatable bonds is 1. The van der Waals surface area contributed by atoms with E-state index in [0.29, 0.717) is 11.2 Å². The smallest absolute Gasteiger partial charge is 0.244 e. The molecular weight excluding hydrogens is 182 g/mol. The molecule has 6 nitrogen and oxygen atoms in total. The summed E-state index contributed by atoms with van der Waals surface area (Å²) in [5, 5.41) is 9.37. The van der Waals surface area contributed by atoms with Crippen molar-refractivity contribution in [3.63, 3.8) is 0 Å². The van der Waals surface area contributed by atoms with Crippen LogP contribution in [-0.2, 0) is 0 Å². The number of nitrogens with two attached hydrogens (primary N) is 1. The second-order valence-corrected chi connectivity index (χ2v) is 2.55. The Bertz CT molecular complexity index is 538. The van der Waals surface area contributed by atoms with Crippen molar-refractivity contribution in [1.82, 2.24) is 19.5 Å². The van der Waals surface area contributed by atoms with Crippen molar-refractivity contribution in [2.24, 2.45) is 0 Å². The number of fused-ring (bicyclic) bond motifs is 1. The average molecular weight is 189 g/mol. The highest BCUT2D eigenvalue weighted by Gasteiger charge is 2.09. The molecule has 2 aromatic rings. The van der Waals surface area contributed by atoms with Gasteiger partial charge in [-0.15, -0.1) is 0 Å². The third-order valence-corrected chi connectivity index (χ3v) is 1.75. The third-order valence-electron chi connectivity index (χ3n) is 1.75. The molecular formula is C8H7N5O. The monoisotopic (exact) mass is 189 g/mol. The molecule has 0 aliphatic heterocycles.